The van der Waals surface area contributed by atoms with Gasteiger partial charge in [0.2, 0.25) is 15.9 Å². The maximum Gasteiger partial charge on any atom is 0.246 e. The first-order valence-electron chi connectivity index (χ1n) is 11.6. The summed E-state index contributed by atoms with van der Waals surface area (Å²) in [5.41, 5.74) is 0. The van der Waals surface area contributed by atoms with Crippen molar-refractivity contribution >= 4 is 21.7 Å². The van der Waals surface area contributed by atoms with Crippen LogP contribution in [-0.4, -0.2) is 69.0 Å². The third-order valence-corrected chi connectivity index (χ3v) is 8.63. The molecule has 2 aliphatic heterocycles. The Labute approximate surface area is 185 Å². The molecule has 2 saturated heterocycles. The first-order valence-corrected chi connectivity index (χ1v) is 13.1. The number of aromatic nitrogens is 1. The van der Waals surface area contributed by atoms with Gasteiger partial charge in [-0.25, -0.2) is 13.4 Å². The van der Waals surface area contributed by atoms with E-state index < -0.39 is 10.0 Å². The Balaban J connectivity index is 1.39. The summed E-state index contributed by atoms with van der Waals surface area (Å²) in [6.45, 7) is 2.81. The molecule has 3 aliphatic rings. The molecule has 1 aromatic heterocycles. The fourth-order valence-electron chi connectivity index (χ4n) is 4.84. The maximum absolute atomic E-state index is 13.2. The molecule has 4 rings (SSSR count). The maximum atomic E-state index is 13.2. The molecule has 0 unspecified atom stereocenters. The van der Waals surface area contributed by atoms with E-state index in [0.29, 0.717) is 64.1 Å². The number of hydrogen-bond donors (Lipinski definition) is 1. The molecule has 3 heterocycles. The molecular formula is C22H34N4O4S. The Bertz CT molecular complexity index is 841. The highest BCUT2D eigenvalue weighted by molar-refractivity contribution is 7.89. The van der Waals surface area contributed by atoms with Crippen molar-refractivity contribution in [2.45, 2.75) is 62.3 Å². The molecule has 0 aromatic carbocycles. The van der Waals surface area contributed by atoms with Gasteiger partial charge in [0.25, 0.3) is 0 Å². The van der Waals surface area contributed by atoms with Crippen molar-refractivity contribution in [3.63, 3.8) is 0 Å². The number of piperidine rings is 1. The molecule has 1 saturated carbocycles. The van der Waals surface area contributed by atoms with Crippen molar-refractivity contribution in [1.29, 1.82) is 0 Å². The van der Waals surface area contributed by atoms with Gasteiger partial charge in [0.15, 0.2) is 0 Å². The molecule has 172 valence electrons. The highest BCUT2D eigenvalue weighted by Crippen LogP contribution is 2.30. The van der Waals surface area contributed by atoms with Crippen LogP contribution in [0.4, 0.5) is 5.82 Å². The van der Waals surface area contributed by atoms with Crippen molar-refractivity contribution in [2.75, 3.05) is 44.3 Å². The van der Waals surface area contributed by atoms with Crippen LogP contribution < -0.4 is 10.2 Å². The molecule has 1 N–H and O–H groups in total. The highest BCUT2D eigenvalue weighted by atomic mass is 32.2. The van der Waals surface area contributed by atoms with Crippen LogP contribution >= 0.6 is 0 Å². The van der Waals surface area contributed by atoms with E-state index in [4.69, 9.17) is 4.74 Å². The van der Waals surface area contributed by atoms with Crippen molar-refractivity contribution in [3.8, 4) is 0 Å². The van der Waals surface area contributed by atoms with E-state index >= 15 is 0 Å². The molecule has 1 aromatic rings. The van der Waals surface area contributed by atoms with Gasteiger partial charge in [-0.15, -0.1) is 0 Å². The average Bonchev–Trinajstić information content (AvgIpc) is 3.08. The first-order chi connectivity index (χ1) is 15.1. The SMILES string of the molecule is O=C(NC1CCCCCC1)C1CCN(c2ncccc2S(=O)(=O)N2CCOCC2)CC1. The van der Waals surface area contributed by atoms with Crippen LogP contribution in [0.1, 0.15) is 51.4 Å². The lowest BCUT2D eigenvalue weighted by atomic mass is 9.95. The van der Waals surface area contributed by atoms with Gasteiger partial charge in [-0.05, 0) is 37.8 Å². The van der Waals surface area contributed by atoms with Gasteiger partial charge in [-0.1, -0.05) is 25.7 Å². The molecule has 8 nitrogen and oxygen atoms in total. The summed E-state index contributed by atoms with van der Waals surface area (Å²) >= 11 is 0. The molecule has 9 heteroatoms. The van der Waals surface area contributed by atoms with Gasteiger partial charge in [0, 0.05) is 44.3 Å². The number of sulfonamides is 1. The van der Waals surface area contributed by atoms with E-state index in [1.165, 1.54) is 30.0 Å². The van der Waals surface area contributed by atoms with E-state index in [1.807, 2.05) is 4.90 Å². The molecule has 0 bridgehead atoms. The lowest BCUT2D eigenvalue weighted by Crippen LogP contribution is -2.45. The zero-order valence-electron chi connectivity index (χ0n) is 18.2. The van der Waals surface area contributed by atoms with Crippen molar-refractivity contribution in [2.24, 2.45) is 5.92 Å². The van der Waals surface area contributed by atoms with E-state index in [9.17, 15) is 13.2 Å². The summed E-state index contributed by atoms with van der Waals surface area (Å²) < 4.78 is 33.2. The van der Waals surface area contributed by atoms with Crippen LogP contribution in [0.3, 0.4) is 0 Å². The van der Waals surface area contributed by atoms with Gasteiger partial charge < -0.3 is 15.0 Å². The van der Waals surface area contributed by atoms with Crippen molar-refractivity contribution < 1.29 is 17.9 Å². The predicted octanol–water partition coefficient (Wildman–Crippen LogP) is 2.16. The molecule has 3 fully saturated rings. The van der Waals surface area contributed by atoms with Gasteiger partial charge in [-0.3, -0.25) is 4.79 Å². The smallest absolute Gasteiger partial charge is 0.246 e. The highest BCUT2D eigenvalue weighted by Gasteiger charge is 2.33. The number of anilines is 1. The van der Waals surface area contributed by atoms with E-state index in [0.717, 1.165) is 12.8 Å². The van der Waals surface area contributed by atoms with Crippen molar-refractivity contribution in [3.05, 3.63) is 18.3 Å². The van der Waals surface area contributed by atoms with E-state index in [2.05, 4.69) is 10.3 Å². The number of morpholine rings is 1. The number of pyridine rings is 1. The molecular weight excluding hydrogens is 416 g/mol. The van der Waals surface area contributed by atoms with Crippen molar-refractivity contribution in [1.82, 2.24) is 14.6 Å². The fraction of sp³-hybridized carbons (Fsp3) is 0.727. The Morgan fingerprint density at radius 3 is 2.35 bits per heavy atom. The summed E-state index contributed by atoms with van der Waals surface area (Å²) in [6, 6.07) is 3.62. The normalized spacial score (nSPS) is 22.8. The summed E-state index contributed by atoms with van der Waals surface area (Å²) in [7, 11) is -3.62. The Hall–Kier alpha value is -1.71. The van der Waals surface area contributed by atoms with Gasteiger partial charge in [0.1, 0.15) is 10.7 Å². The lowest BCUT2D eigenvalue weighted by Gasteiger charge is -2.34. The fourth-order valence-corrected chi connectivity index (χ4v) is 6.41. The average molecular weight is 451 g/mol. The number of amides is 1. The molecule has 1 amide bonds. The van der Waals surface area contributed by atoms with Gasteiger partial charge in [0.05, 0.1) is 13.2 Å². The van der Waals surface area contributed by atoms with E-state index in [1.54, 1.807) is 18.3 Å². The predicted molar refractivity (Wildman–Crippen MR) is 118 cm³/mol. The Kier molecular flexibility index (Phi) is 7.45. The van der Waals surface area contributed by atoms with Crippen LogP contribution in [0, 0.1) is 5.92 Å². The number of nitrogens with one attached hydrogen (secondary N) is 1. The molecule has 31 heavy (non-hydrogen) atoms. The second kappa shape index (κ2) is 10.3. The Morgan fingerprint density at radius 1 is 1.00 bits per heavy atom. The third-order valence-electron chi connectivity index (χ3n) is 6.71. The molecule has 0 atom stereocenters. The number of rotatable bonds is 5. The minimum atomic E-state index is -3.62. The van der Waals surface area contributed by atoms with Crippen LogP contribution in [0.2, 0.25) is 0 Å². The molecule has 0 spiro atoms. The monoisotopic (exact) mass is 450 g/mol. The number of carbonyl (C=O) groups excluding carboxylic acids is 1. The zero-order valence-corrected chi connectivity index (χ0v) is 19.0. The topological polar surface area (TPSA) is 91.8 Å². The van der Waals surface area contributed by atoms with Gasteiger partial charge >= 0.3 is 0 Å². The summed E-state index contributed by atoms with van der Waals surface area (Å²) in [4.78, 5) is 19.5. The van der Waals surface area contributed by atoms with Gasteiger partial charge in [-0.2, -0.15) is 4.31 Å². The van der Waals surface area contributed by atoms with Crippen LogP contribution in [0.5, 0.6) is 0 Å². The molecule has 1 aliphatic carbocycles. The molecule has 0 radical (unpaired) electrons. The number of nitrogens with zero attached hydrogens (tertiary/aromatic N) is 3. The Morgan fingerprint density at radius 2 is 1.68 bits per heavy atom. The minimum Gasteiger partial charge on any atom is -0.379 e. The second-order valence-corrected chi connectivity index (χ2v) is 10.7. The first kappa shape index (κ1) is 22.5. The largest absolute Gasteiger partial charge is 0.379 e. The van der Waals surface area contributed by atoms with Crippen LogP contribution in [-0.2, 0) is 19.6 Å². The quantitative estimate of drug-likeness (QED) is 0.691. The number of hydrogen-bond acceptors (Lipinski definition) is 6. The summed E-state index contributed by atoms with van der Waals surface area (Å²) in [5, 5.41) is 3.27. The second-order valence-electron chi connectivity index (χ2n) is 8.80. The van der Waals surface area contributed by atoms with Crippen LogP contribution in [0.15, 0.2) is 23.2 Å². The standard InChI is InChI=1S/C22H34N4O4S/c27-22(24-19-6-3-1-2-4-7-19)18-9-12-25(13-10-18)21-20(8-5-11-23-21)31(28,29)26-14-16-30-17-15-26/h5,8,11,18-19H,1-4,6-7,9-10,12-17H2,(H,24,27). The zero-order chi connectivity index (χ0) is 21.7. The number of carbonyl (C=O) groups is 1. The lowest BCUT2D eigenvalue weighted by molar-refractivity contribution is -0.126. The summed E-state index contributed by atoms with van der Waals surface area (Å²) in [6.07, 6.45) is 10.2. The van der Waals surface area contributed by atoms with E-state index in [-0.39, 0.29) is 16.7 Å². The summed E-state index contributed by atoms with van der Waals surface area (Å²) in [5.74, 6) is 0.646. The number of ether oxygens (including phenoxy) is 1. The van der Waals surface area contributed by atoms with Crippen LogP contribution in [0.25, 0.3) is 0 Å². The third kappa shape index (κ3) is 5.38. The minimum absolute atomic E-state index is 0.0116.